The Bertz CT molecular complexity index is 489. The Labute approximate surface area is 122 Å². The molecular weight excluding hydrogens is 285 g/mol. The Hall–Kier alpha value is -1.17. The van der Waals surface area contributed by atoms with Gasteiger partial charge in [0, 0.05) is 18.2 Å². The molecule has 1 aromatic rings. The normalized spacial score (nSPS) is 21.9. The average Bonchev–Trinajstić information content (AvgIpc) is 2.88. The van der Waals surface area contributed by atoms with Crippen molar-refractivity contribution >= 4 is 17.6 Å². The Morgan fingerprint density at radius 2 is 2.40 bits per heavy atom. The number of hydrogen-bond donors (Lipinski definition) is 1. The summed E-state index contributed by atoms with van der Waals surface area (Å²) in [6.45, 7) is 1.38. The summed E-state index contributed by atoms with van der Waals surface area (Å²) in [4.78, 5) is 11.5. The molecule has 0 radical (unpaired) electrons. The molecule has 1 aliphatic heterocycles. The summed E-state index contributed by atoms with van der Waals surface area (Å²) in [7, 11) is 1.36. The summed E-state index contributed by atoms with van der Waals surface area (Å²) in [5, 5.41) is 3.76. The van der Waals surface area contributed by atoms with E-state index in [1.807, 2.05) is 0 Å². The largest absolute Gasteiger partial charge is 0.469 e. The lowest BCUT2D eigenvalue weighted by Crippen LogP contribution is -2.47. The fourth-order valence-corrected chi connectivity index (χ4v) is 2.44. The van der Waals surface area contributed by atoms with E-state index in [1.165, 1.54) is 25.3 Å². The first-order valence-electron chi connectivity index (χ1n) is 6.38. The molecule has 0 bridgehead atoms. The summed E-state index contributed by atoms with van der Waals surface area (Å²) in [5.41, 5.74) is 0.186. The molecule has 0 saturated carbocycles. The fourth-order valence-electron chi connectivity index (χ4n) is 2.26. The van der Waals surface area contributed by atoms with E-state index in [-0.39, 0.29) is 18.2 Å². The molecule has 2 rings (SSSR count). The van der Waals surface area contributed by atoms with Gasteiger partial charge < -0.3 is 14.8 Å². The second-order valence-electron chi connectivity index (χ2n) is 4.93. The Kier molecular flexibility index (Phi) is 4.96. The number of halogens is 2. The smallest absolute Gasteiger partial charge is 0.307 e. The minimum absolute atomic E-state index is 0.219. The summed E-state index contributed by atoms with van der Waals surface area (Å²) in [6.07, 6.45) is 0.922. The maximum Gasteiger partial charge on any atom is 0.307 e. The van der Waals surface area contributed by atoms with Crippen molar-refractivity contribution in [1.29, 1.82) is 0 Å². The van der Waals surface area contributed by atoms with Crippen LogP contribution in [0.15, 0.2) is 18.2 Å². The standard InChI is InChI=1S/C14H17ClFNO3/c1-19-13(18)7-14(4-5-20-9-14)17-8-10-6-11(16)2-3-12(10)15/h2-3,6,17H,4-5,7-9H2,1H3. The SMILES string of the molecule is COC(=O)CC1(NCc2cc(F)ccc2Cl)CCOC1. The van der Waals surface area contributed by atoms with Crippen molar-refractivity contribution in [1.82, 2.24) is 5.32 Å². The Morgan fingerprint density at radius 3 is 3.05 bits per heavy atom. The van der Waals surface area contributed by atoms with Gasteiger partial charge in [0.1, 0.15) is 5.82 Å². The van der Waals surface area contributed by atoms with E-state index in [1.54, 1.807) is 0 Å². The van der Waals surface area contributed by atoms with Crippen LogP contribution in [0.1, 0.15) is 18.4 Å². The minimum Gasteiger partial charge on any atom is -0.469 e. The van der Waals surface area contributed by atoms with Gasteiger partial charge in [-0.05, 0) is 30.2 Å². The first-order chi connectivity index (χ1) is 9.54. The Balaban J connectivity index is 2.05. The third-order valence-corrected chi connectivity index (χ3v) is 3.84. The zero-order valence-electron chi connectivity index (χ0n) is 11.2. The highest BCUT2D eigenvalue weighted by atomic mass is 35.5. The molecule has 1 saturated heterocycles. The first kappa shape index (κ1) is 15.2. The van der Waals surface area contributed by atoms with Crippen molar-refractivity contribution in [2.45, 2.75) is 24.9 Å². The molecule has 1 unspecified atom stereocenters. The van der Waals surface area contributed by atoms with Crippen molar-refractivity contribution in [3.8, 4) is 0 Å². The fraction of sp³-hybridized carbons (Fsp3) is 0.500. The molecule has 0 amide bonds. The van der Waals surface area contributed by atoms with Crippen LogP contribution in [0.5, 0.6) is 0 Å². The number of carbonyl (C=O) groups excluding carboxylic acids is 1. The van der Waals surface area contributed by atoms with Crippen molar-refractivity contribution in [2.75, 3.05) is 20.3 Å². The number of hydrogen-bond acceptors (Lipinski definition) is 4. The van der Waals surface area contributed by atoms with Crippen LogP contribution in [0.4, 0.5) is 4.39 Å². The van der Waals surface area contributed by atoms with Gasteiger partial charge in [-0.1, -0.05) is 11.6 Å². The molecular formula is C14H17ClFNO3. The number of esters is 1. The lowest BCUT2D eigenvalue weighted by atomic mass is 9.94. The van der Waals surface area contributed by atoms with Crippen LogP contribution in [0.25, 0.3) is 0 Å². The van der Waals surface area contributed by atoms with Gasteiger partial charge in [0.25, 0.3) is 0 Å². The molecule has 0 aliphatic carbocycles. The third-order valence-electron chi connectivity index (χ3n) is 3.48. The number of rotatable bonds is 5. The van der Waals surface area contributed by atoms with E-state index in [2.05, 4.69) is 5.32 Å². The maximum absolute atomic E-state index is 13.2. The molecule has 1 fully saturated rings. The molecule has 1 heterocycles. The van der Waals surface area contributed by atoms with E-state index in [0.717, 1.165) is 0 Å². The average molecular weight is 302 g/mol. The molecule has 4 nitrogen and oxygen atoms in total. The molecule has 1 aromatic carbocycles. The maximum atomic E-state index is 13.2. The number of ether oxygens (including phenoxy) is 2. The van der Waals surface area contributed by atoms with Crippen LogP contribution >= 0.6 is 11.6 Å². The van der Waals surface area contributed by atoms with Crippen molar-refractivity contribution in [3.05, 3.63) is 34.6 Å². The lowest BCUT2D eigenvalue weighted by Gasteiger charge is -2.28. The molecule has 1 aliphatic rings. The summed E-state index contributed by atoms with van der Waals surface area (Å²) < 4.78 is 23.3. The zero-order chi connectivity index (χ0) is 14.6. The quantitative estimate of drug-likeness (QED) is 0.848. The second-order valence-corrected chi connectivity index (χ2v) is 5.33. The molecule has 1 N–H and O–H groups in total. The number of nitrogens with one attached hydrogen (secondary N) is 1. The van der Waals surface area contributed by atoms with Crippen LogP contribution in [-0.4, -0.2) is 31.8 Å². The highest BCUT2D eigenvalue weighted by molar-refractivity contribution is 6.31. The second kappa shape index (κ2) is 6.52. The number of benzene rings is 1. The van der Waals surface area contributed by atoms with Crippen LogP contribution in [0.3, 0.4) is 0 Å². The van der Waals surface area contributed by atoms with Gasteiger partial charge >= 0.3 is 5.97 Å². The van der Waals surface area contributed by atoms with E-state index >= 15 is 0 Å². The molecule has 0 aromatic heterocycles. The monoisotopic (exact) mass is 301 g/mol. The summed E-state index contributed by atoms with van der Waals surface area (Å²) in [5.74, 6) is -0.635. The van der Waals surface area contributed by atoms with Gasteiger partial charge in [-0.15, -0.1) is 0 Å². The lowest BCUT2D eigenvalue weighted by molar-refractivity contribution is -0.142. The zero-order valence-corrected chi connectivity index (χ0v) is 12.0. The van der Waals surface area contributed by atoms with E-state index in [0.29, 0.717) is 36.8 Å². The van der Waals surface area contributed by atoms with E-state index < -0.39 is 5.54 Å². The molecule has 20 heavy (non-hydrogen) atoms. The van der Waals surface area contributed by atoms with E-state index in [9.17, 15) is 9.18 Å². The van der Waals surface area contributed by atoms with E-state index in [4.69, 9.17) is 21.1 Å². The van der Waals surface area contributed by atoms with Crippen LogP contribution in [0.2, 0.25) is 5.02 Å². The van der Waals surface area contributed by atoms with Gasteiger partial charge in [0.2, 0.25) is 0 Å². The summed E-state index contributed by atoms with van der Waals surface area (Å²) in [6, 6.07) is 4.22. The van der Waals surface area contributed by atoms with Crippen LogP contribution in [0, 0.1) is 5.82 Å². The third kappa shape index (κ3) is 3.69. The van der Waals surface area contributed by atoms with Crippen molar-refractivity contribution in [3.63, 3.8) is 0 Å². The van der Waals surface area contributed by atoms with Gasteiger partial charge in [-0.3, -0.25) is 4.79 Å². The predicted molar refractivity (Wildman–Crippen MR) is 73.0 cm³/mol. The first-order valence-corrected chi connectivity index (χ1v) is 6.76. The predicted octanol–water partition coefficient (Wildman–Crippen LogP) is 2.29. The Morgan fingerprint density at radius 1 is 1.60 bits per heavy atom. The van der Waals surface area contributed by atoms with Crippen LogP contribution in [-0.2, 0) is 20.8 Å². The van der Waals surface area contributed by atoms with Gasteiger partial charge in [0.15, 0.2) is 0 Å². The molecule has 6 heteroatoms. The topological polar surface area (TPSA) is 47.6 Å². The number of carbonyl (C=O) groups is 1. The van der Waals surface area contributed by atoms with Crippen molar-refractivity contribution < 1.29 is 18.7 Å². The molecule has 1 atom stereocenters. The summed E-state index contributed by atoms with van der Waals surface area (Å²) >= 11 is 6.03. The van der Waals surface area contributed by atoms with Crippen LogP contribution < -0.4 is 5.32 Å². The number of methoxy groups -OCH3 is 1. The van der Waals surface area contributed by atoms with Gasteiger partial charge in [-0.25, -0.2) is 4.39 Å². The minimum atomic E-state index is -0.470. The molecule has 0 spiro atoms. The molecule has 110 valence electrons. The van der Waals surface area contributed by atoms with Gasteiger partial charge in [-0.2, -0.15) is 0 Å². The van der Waals surface area contributed by atoms with Crippen molar-refractivity contribution in [2.24, 2.45) is 0 Å². The highest BCUT2D eigenvalue weighted by Crippen LogP contribution is 2.25. The highest BCUT2D eigenvalue weighted by Gasteiger charge is 2.37. The van der Waals surface area contributed by atoms with Gasteiger partial charge in [0.05, 0.1) is 25.7 Å².